The maximum Gasteiger partial charge on any atom is 0.0576 e. The number of fused-ring (bicyclic) bond motifs is 1. The van der Waals surface area contributed by atoms with Gasteiger partial charge in [-0.3, -0.25) is 0 Å². The molecule has 1 heterocycles. The zero-order valence-electron chi connectivity index (χ0n) is 9.38. The number of hydrogen-bond acceptors (Lipinski definition) is 1. The Morgan fingerprint density at radius 3 is 2.67 bits per heavy atom. The molecule has 0 radical (unpaired) electrons. The third kappa shape index (κ3) is 2.06. The molecule has 3 atom stereocenters. The van der Waals surface area contributed by atoms with Gasteiger partial charge in [0.05, 0.1) is 6.10 Å². The Labute approximate surface area is 97.5 Å². The summed E-state index contributed by atoms with van der Waals surface area (Å²) in [6.45, 7) is 0.990. The summed E-state index contributed by atoms with van der Waals surface area (Å²) in [4.78, 5) is 0. The van der Waals surface area contributed by atoms with Crippen LogP contribution >= 0.6 is 11.6 Å². The highest BCUT2D eigenvalue weighted by Gasteiger charge is 2.52. The van der Waals surface area contributed by atoms with Gasteiger partial charge in [0.25, 0.3) is 0 Å². The number of ether oxygens (including phenoxy) is 1. The lowest BCUT2D eigenvalue weighted by Crippen LogP contribution is -2.23. The minimum absolute atomic E-state index is 0.501. The minimum Gasteiger partial charge on any atom is -0.378 e. The zero-order valence-corrected chi connectivity index (χ0v) is 10.1. The first-order valence-corrected chi connectivity index (χ1v) is 7.02. The van der Waals surface area contributed by atoms with Crippen LogP contribution < -0.4 is 0 Å². The SMILES string of the molecule is ClCC1(CCC2CCCO2)CC2CC2C1. The maximum atomic E-state index is 6.20. The third-order valence-corrected chi connectivity index (χ3v) is 5.33. The van der Waals surface area contributed by atoms with Crippen LogP contribution in [0.2, 0.25) is 0 Å². The lowest BCUT2D eigenvalue weighted by Gasteiger charge is -2.29. The molecule has 1 aliphatic heterocycles. The van der Waals surface area contributed by atoms with E-state index in [0.717, 1.165) is 24.3 Å². The molecule has 3 aliphatic rings. The van der Waals surface area contributed by atoms with E-state index in [-0.39, 0.29) is 0 Å². The van der Waals surface area contributed by atoms with Crippen molar-refractivity contribution in [3.05, 3.63) is 0 Å². The van der Waals surface area contributed by atoms with E-state index in [4.69, 9.17) is 16.3 Å². The fourth-order valence-corrected chi connectivity index (χ4v) is 4.08. The lowest BCUT2D eigenvalue weighted by atomic mass is 9.80. The summed E-state index contributed by atoms with van der Waals surface area (Å²) in [6, 6.07) is 0. The van der Waals surface area contributed by atoms with Crippen molar-refractivity contribution >= 4 is 11.6 Å². The van der Waals surface area contributed by atoms with Gasteiger partial charge >= 0.3 is 0 Å². The summed E-state index contributed by atoms with van der Waals surface area (Å²) >= 11 is 6.20. The minimum atomic E-state index is 0.501. The average molecular weight is 229 g/mol. The predicted octanol–water partition coefficient (Wildman–Crippen LogP) is 3.60. The van der Waals surface area contributed by atoms with E-state index in [1.165, 1.54) is 44.9 Å². The van der Waals surface area contributed by atoms with Crippen LogP contribution in [0.3, 0.4) is 0 Å². The van der Waals surface area contributed by atoms with Crippen LogP contribution in [0.15, 0.2) is 0 Å². The highest BCUT2D eigenvalue weighted by Crippen LogP contribution is 2.61. The van der Waals surface area contributed by atoms with Crippen molar-refractivity contribution in [1.29, 1.82) is 0 Å². The van der Waals surface area contributed by atoms with Crippen molar-refractivity contribution in [3.63, 3.8) is 0 Å². The van der Waals surface area contributed by atoms with E-state index in [1.807, 2.05) is 0 Å². The van der Waals surface area contributed by atoms with Gasteiger partial charge in [-0.05, 0) is 62.2 Å². The predicted molar refractivity (Wildman–Crippen MR) is 62.2 cm³/mol. The molecule has 0 bridgehead atoms. The van der Waals surface area contributed by atoms with Crippen LogP contribution in [0.4, 0.5) is 0 Å². The van der Waals surface area contributed by atoms with Gasteiger partial charge in [-0.1, -0.05) is 0 Å². The standard InChI is InChI=1S/C13H21ClO/c14-9-13(7-10-6-11(10)8-13)4-3-12-2-1-5-15-12/h10-12H,1-9H2. The Balaban J connectivity index is 1.51. The monoisotopic (exact) mass is 228 g/mol. The maximum absolute atomic E-state index is 6.20. The quantitative estimate of drug-likeness (QED) is 0.669. The second-order valence-corrected chi connectivity index (χ2v) is 6.24. The molecule has 1 saturated heterocycles. The van der Waals surface area contributed by atoms with E-state index in [2.05, 4.69) is 0 Å². The van der Waals surface area contributed by atoms with Crippen LogP contribution in [0.5, 0.6) is 0 Å². The van der Waals surface area contributed by atoms with Crippen molar-refractivity contribution < 1.29 is 4.74 Å². The Morgan fingerprint density at radius 1 is 1.27 bits per heavy atom. The second-order valence-electron chi connectivity index (χ2n) is 5.97. The molecule has 0 aromatic heterocycles. The molecule has 2 heteroatoms. The highest BCUT2D eigenvalue weighted by molar-refractivity contribution is 6.18. The summed E-state index contributed by atoms with van der Waals surface area (Å²) in [5.41, 5.74) is 0.501. The van der Waals surface area contributed by atoms with E-state index in [9.17, 15) is 0 Å². The fourth-order valence-electron chi connectivity index (χ4n) is 3.73. The molecule has 0 aromatic carbocycles. The van der Waals surface area contributed by atoms with Crippen molar-refractivity contribution in [2.75, 3.05) is 12.5 Å². The molecule has 1 nitrogen and oxygen atoms in total. The van der Waals surface area contributed by atoms with Crippen molar-refractivity contribution in [2.45, 2.75) is 51.0 Å². The van der Waals surface area contributed by atoms with E-state index < -0.39 is 0 Å². The summed E-state index contributed by atoms with van der Waals surface area (Å²) in [6.07, 6.45) is 10.00. The van der Waals surface area contributed by atoms with Crippen LogP contribution in [0.1, 0.15) is 44.9 Å². The molecular weight excluding hydrogens is 208 g/mol. The first-order chi connectivity index (χ1) is 7.31. The van der Waals surface area contributed by atoms with Crippen molar-refractivity contribution in [1.82, 2.24) is 0 Å². The Morgan fingerprint density at radius 2 is 2.07 bits per heavy atom. The molecule has 0 amide bonds. The van der Waals surface area contributed by atoms with E-state index >= 15 is 0 Å². The molecule has 3 fully saturated rings. The first kappa shape index (κ1) is 10.4. The van der Waals surface area contributed by atoms with Gasteiger partial charge in [0.1, 0.15) is 0 Å². The summed E-state index contributed by atoms with van der Waals surface area (Å²) in [5.74, 6) is 2.98. The molecule has 2 saturated carbocycles. The number of hydrogen-bond donors (Lipinski definition) is 0. The highest BCUT2D eigenvalue weighted by atomic mass is 35.5. The number of halogens is 1. The molecule has 2 aliphatic carbocycles. The molecule has 15 heavy (non-hydrogen) atoms. The van der Waals surface area contributed by atoms with Gasteiger partial charge < -0.3 is 4.74 Å². The zero-order chi connectivity index (χ0) is 10.3. The number of alkyl halides is 1. The summed E-state index contributed by atoms with van der Waals surface area (Å²) in [5, 5.41) is 0. The van der Waals surface area contributed by atoms with Gasteiger partial charge in [0, 0.05) is 12.5 Å². The van der Waals surface area contributed by atoms with Crippen LogP contribution in [0, 0.1) is 17.3 Å². The van der Waals surface area contributed by atoms with Gasteiger partial charge in [0.15, 0.2) is 0 Å². The summed E-state index contributed by atoms with van der Waals surface area (Å²) < 4.78 is 5.70. The fraction of sp³-hybridized carbons (Fsp3) is 1.00. The van der Waals surface area contributed by atoms with Gasteiger partial charge in [0.2, 0.25) is 0 Å². The van der Waals surface area contributed by atoms with Crippen molar-refractivity contribution in [2.24, 2.45) is 17.3 Å². The molecule has 3 unspecified atom stereocenters. The molecular formula is C13H21ClO. The second kappa shape index (κ2) is 3.92. The average Bonchev–Trinajstić information content (AvgIpc) is 2.75. The topological polar surface area (TPSA) is 9.23 Å². The van der Waals surface area contributed by atoms with Gasteiger partial charge in [-0.15, -0.1) is 11.6 Å². The van der Waals surface area contributed by atoms with Gasteiger partial charge in [-0.25, -0.2) is 0 Å². The molecule has 86 valence electrons. The molecule has 0 N–H and O–H groups in total. The van der Waals surface area contributed by atoms with Crippen LogP contribution in [0.25, 0.3) is 0 Å². The molecule has 0 spiro atoms. The van der Waals surface area contributed by atoms with Crippen LogP contribution in [-0.4, -0.2) is 18.6 Å². The van der Waals surface area contributed by atoms with E-state index in [1.54, 1.807) is 0 Å². The number of rotatable bonds is 4. The Hall–Kier alpha value is 0.250. The Kier molecular flexibility index (Phi) is 2.72. The third-order valence-electron chi connectivity index (χ3n) is 4.76. The Bertz CT molecular complexity index is 225. The normalized spacial score (nSPS) is 48.2. The lowest BCUT2D eigenvalue weighted by molar-refractivity contribution is 0.0889. The van der Waals surface area contributed by atoms with Crippen molar-refractivity contribution in [3.8, 4) is 0 Å². The largest absolute Gasteiger partial charge is 0.378 e. The first-order valence-electron chi connectivity index (χ1n) is 6.49. The molecule has 3 rings (SSSR count). The molecule has 0 aromatic rings. The van der Waals surface area contributed by atoms with Crippen LogP contribution in [-0.2, 0) is 4.74 Å². The van der Waals surface area contributed by atoms with E-state index in [0.29, 0.717) is 11.5 Å². The van der Waals surface area contributed by atoms with Gasteiger partial charge in [-0.2, -0.15) is 0 Å². The smallest absolute Gasteiger partial charge is 0.0576 e. The summed E-state index contributed by atoms with van der Waals surface area (Å²) in [7, 11) is 0.